The van der Waals surface area contributed by atoms with Gasteiger partial charge in [0.2, 0.25) is 0 Å². The lowest BCUT2D eigenvalue weighted by molar-refractivity contribution is 0.126. The average Bonchev–Trinajstić information content (AvgIpc) is 2.25. The Morgan fingerprint density at radius 2 is 1.94 bits per heavy atom. The maximum atomic E-state index is 9.44. The number of rotatable bonds is 2. The molecule has 1 fully saturated rings. The van der Waals surface area contributed by atoms with Gasteiger partial charge in [0, 0.05) is 16.8 Å². The fourth-order valence-corrected chi connectivity index (χ4v) is 2.46. The lowest BCUT2D eigenvalue weighted by Gasteiger charge is -2.27. The summed E-state index contributed by atoms with van der Waals surface area (Å²) >= 11 is 5.92. The van der Waals surface area contributed by atoms with Crippen LogP contribution in [0.5, 0.6) is 0 Å². The first-order chi connectivity index (χ1) is 7.65. The van der Waals surface area contributed by atoms with E-state index in [1.54, 1.807) is 0 Å². The standard InChI is InChI=1S/C13H18ClNO/c1-9-8-10(14)2-7-13(9)15-11-3-5-12(16)6-4-11/h2,7-8,11-12,15-16H,3-6H2,1H3. The first-order valence-corrected chi connectivity index (χ1v) is 6.23. The van der Waals surface area contributed by atoms with Gasteiger partial charge in [0.15, 0.2) is 0 Å². The fourth-order valence-electron chi connectivity index (χ4n) is 2.23. The van der Waals surface area contributed by atoms with Crippen molar-refractivity contribution in [3.8, 4) is 0 Å². The number of hydrogen-bond acceptors (Lipinski definition) is 2. The van der Waals surface area contributed by atoms with Gasteiger partial charge in [-0.15, -0.1) is 0 Å². The molecule has 0 aliphatic heterocycles. The van der Waals surface area contributed by atoms with Gasteiger partial charge in [-0.05, 0) is 56.4 Å². The number of aliphatic hydroxyl groups is 1. The van der Waals surface area contributed by atoms with Crippen molar-refractivity contribution in [2.75, 3.05) is 5.32 Å². The van der Waals surface area contributed by atoms with E-state index >= 15 is 0 Å². The van der Waals surface area contributed by atoms with Crippen molar-refractivity contribution in [2.45, 2.75) is 44.8 Å². The van der Waals surface area contributed by atoms with Crippen LogP contribution in [0.2, 0.25) is 5.02 Å². The van der Waals surface area contributed by atoms with Crippen LogP contribution < -0.4 is 5.32 Å². The largest absolute Gasteiger partial charge is 0.393 e. The molecule has 2 nitrogen and oxygen atoms in total. The predicted molar refractivity (Wildman–Crippen MR) is 68.1 cm³/mol. The van der Waals surface area contributed by atoms with Gasteiger partial charge >= 0.3 is 0 Å². The molecule has 0 spiro atoms. The lowest BCUT2D eigenvalue weighted by atomic mass is 9.93. The first-order valence-electron chi connectivity index (χ1n) is 5.86. The summed E-state index contributed by atoms with van der Waals surface area (Å²) in [6.07, 6.45) is 3.81. The number of aryl methyl sites for hydroxylation is 1. The maximum Gasteiger partial charge on any atom is 0.0541 e. The molecule has 1 aliphatic rings. The predicted octanol–water partition coefficient (Wildman–Crippen LogP) is 3.36. The van der Waals surface area contributed by atoms with E-state index in [-0.39, 0.29) is 6.10 Å². The molecule has 2 N–H and O–H groups in total. The third-order valence-corrected chi connectivity index (χ3v) is 3.48. The molecule has 16 heavy (non-hydrogen) atoms. The van der Waals surface area contributed by atoms with Crippen molar-refractivity contribution in [3.63, 3.8) is 0 Å². The minimum absolute atomic E-state index is 0.0932. The van der Waals surface area contributed by atoms with E-state index in [2.05, 4.69) is 12.2 Å². The van der Waals surface area contributed by atoms with E-state index in [4.69, 9.17) is 11.6 Å². The van der Waals surface area contributed by atoms with Crippen LogP contribution in [0.25, 0.3) is 0 Å². The van der Waals surface area contributed by atoms with E-state index in [9.17, 15) is 5.11 Å². The number of anilines is 1. The van der Waals surface area contributed by atoms with Crippen molar-refractivity contribution in [1.82, 2.24) is 0 Å². The molecule has 1 saturated carbocycles. The van der Waals surface area contributed by atoms with E-state index in [1.165, 1.54) is 5.56 Å². The normalized spacial score (nSPS) is 25.4. The van der Waals surface area contributed by atoms with Crippen LogP contribution in [0.3, 0.4) is 0 Å². The second-order valence-electron chi connectivity index (χ2n) is 4.61. The summed E-state index contributed by atoms with van der Waals surface area (Å²) in [5, 5.41) is 13.7. The lowest BCUT2D eigenvalue weighted by Crippen LogP contribution is -2.28. The maximum absolute atomic E-state index is 9.44. The quantitative estimate of drug-likeness (QED) is 0.830. The van der Waals surface area contributed by atoms with Gasteiger partial charge in [0.05, 0.1) is 6.10 Å². The van der Waals surface area contributed by atoms with E-state index in [0.717, 1.165) is 36.4 Å². The molecule has 88 valence electrons. The van der Waals surface area contributed by atoms with Crippen molar-refractivity contribution >= 4 is 17.3 Å². The number of aliphatic hydroxyl groups excluding tert-OH is 1. The van der Waals surface area contributed by atoms with Crippen LogP contribution in [0.15, 0.2) is 18.2 Å². The second kappa shape index (κ2) is 5.07. The van der Waals surface area contributed by atoms with Crippen LogP contribution in [0.4, 0.5) is 5.69 Å². The topological polar surface area (TPSA) is 32.3 Å². The van der Waals surface area contributed by atoms with Crippen molar-refractivity contribution < 1.29 is 5.11 Å². The summed E-state index contributed by atoms with van der Waals surface area (Å²) in [6.45, 7) is 2.06. The Bertz CT molecular complexity index is 359. The van der Waals surface area contributed by atoms with Gasteiger partial charge in [-0.25, -0.2) is 0 Å². The Hall–Kier alpha value is -0.730. The van der Waals surface area contributed by atoms with Gasteiger partial charge in [-0.1, -0.05) is 11.6 Å². The summed E-state index contributed by atoms with van der Waals surface area (Å²) in [7, 11) is 0. The number of hydrogen-bond donors (Lipinski definition) is 2. The number of benzene rings is 1. The van der Waals surface area contributed by atoms with Crippen LogP contribution in [-0.4, -0.2) is 17.3 Å². The minimum Gasteiger partial charge on any atom is -0.393 e. The molecule has 0 atom stereocenters. The highest BCUT2D eigenvalue weighted by atomic mass is 35.5. The van der Waals surface area contributed by atoms with Crippen LogP contribution in [0, 0.1) is 6.92 Å². The molecule has 2 rings (SSSR count). The highest BCUT2D eigenvalue weighted by Gasteiger charge is 2.19. The molecule has 0 amide bonds. The zero-order chi connectivity index (χ0) is 11.5. The summed E-state index contributed by atoms with van der Waals surface area (Å²) < 4.78 is 0. The molecule has 0 unspecified atom stereocenters. The molecule has 0 heterocycles. The van der Waals surface area contributed by atoms with Gasteiger partial charge in [0.1, 0.15) is 0 Å². The van der Waals surface area contributed by atoms with E-state index in [1.807, 2.05) is 18.2 Å². The SMILES string of the molecule is Cc1cc(Cl)ccc1NC1CCC(O)CC1. The summed E-state index contributed by atoms with van der Waals surface area (Å²) in [6, 6.07) is 6.40. The third-order valence-electron chi connectivity index (χ3n) is 3.24. The third kappa shape index (κ3) is 2.89. The number of nitrogens with one attached hydrogen (secondary N) is 1. The Morgan fingerprint density at radius 1 is 1.25 bits per heavy atom. The van der Waals surface area contributed by atoms with Crippen LogP contribution in [0.1, 0.15) is 31.2 Å². The van der Waals surface area contributed by atoms with Crippen LogP contribution >= 0.6 is 11.6 Å². The summed E-state index contributed by atoms with van der Waals surface area (Å²) in [4.78, 5) is 0. The minimum atomic E-state index is -0.0932. The Kier molecular flexibility index (Phi) is 3.72. The highest BCUT2D eigenvalue weighted by Crippen LogP contribution is 2.25. The summed E-state index contributed by atoms with van der Waals surface area (Å²) in [5.74, 6) is 0. The molecule has 0 saturated heterocycles. The van der Waals surface area contributed by atoms with E-state index < -0.39 is 0 Å². The molecular formula is C13H18ClNO. The van der Waals surface area contributed by atoms with Crippen molar-refractivity contribution in [1.29, 1.82) is 0 Å². The summed E-state index contributed by atoms with van der Waals surface area (Å²) in [5.41, 5.74) is 2.34. The zero-order valence-electron chi connectivity index (χ0n) is 9.54. The Balaban J connectivity index is 1.98. The molecule has 1 aromatic carbocycles. The van der Waals surface area contributed by atoms with Crippen LogP contribution in [-0.2, 0) is 0 Å². The van der Waals surface area contributed by atoms with Gasteiger partial charge < -0.3 is 10.4 Å². The number of halogens is 1. The van der Waals surface area contributed by atoms with Gasteiger partial charge in [-0.2, -0.15) is 0 Å². The molecule has 0 bridgehead atoms. The second-order valence-corrected chi connectivity index (χ2v) is 5.05. The van der Waals surface area contributed by atoms with Crippen molar-refractivity contribution in [3.05, 3.63) is 28.8 Å². The monoisotopic (exact) mass is 239 g/mol. The molecule has 0 radical (unpaired) electrons. The van der Waals surface area contributed by atoms with E-state index in [0.29, 0.717) is 6.04 Å². The fraction of sp³-hybridized carbons (Fsp3) is 0.538. The van der Waals surface area contributed by atoms with Gasteiger partial charge in [0.25, 0.3) is 0 Å². The Morgan fingerprint density at radius 3 is 2.56 bits per heavy atom. The smallest absolute Gasteiger partial charge is 0.0541 e. The zero-order valence-corrected chi connectivity index (χ0v) is 10.3. The first kappa shape index (κ1) is 11.7. The van der Waals surface area contributed by atoms with Crippen molar-refractivity contribution in [2.24, 2.45) is 0 Å². The Labute approximate surface area is 102 Å². The molecule has 1 aliphatic carbocycles. The molecule has 1 aromatic rings. The molecule has 3 heteroatoms. The molecule has 0 aromatic heterocycles. The molecular weight excluding hydrogens is 222 g/mol. The van der Waals surface area contributed by atoms with Gasteiger partial charge in [-0.3, -0.25) is 0 Å². The average molecular weight is 240 g/mol. The highest BCUT2D eigenvalue weighted by molar-refractivity contribution is 6.30.